The van der Waals surface area contributed by atoms with Gasteiger partial charge in [0.1, 0.15) is 12.4 Å². The number of rotatable bonds is 6. The predicted octanol–water partition coefficient (Wildman–Crippen LogP) is 5.11. The van der Waals surface area contributed by atoms with E-state index in [4.69, 9.17) is 0 Å². The summed E-state index contributed by atoms with van der Waals surface area (Å²) in [5.74, 6) is -1.30. The SMILES string of the molecule is Cn1cc[n+](CCCC(F)=C(F)F)c1.O=P([O-])(C(F)(F)C(F)(F)F)C(F)(F)C(F)(F)F. The molecule has 0 aliphatic rings. The Balaban J connectivity index is 0.000000590. The zero-order valence-corrected chi connectivity index (χ0v) is 15.8. The fourth-order valence-corrected chi connectivity index (χ4v) is 2.68. The van der Waals surface area contributed by atoms with Gasteiger partial charge in [0.05, 0.1) is 13.6 Å². The van der Waals surface area contributed by atoms with E-state index in [0.29, 0.717) is 13.0 Å². The van der Waals surface area contributed by atoms with Gasteiger partial charge < -0.3 is 9.46 Å². The first kappa shape index (κ1) is 29.2. The lowest BCUT2D eigenvalue weighted by Crippen LogP contribution is -2.50. The van der Waals surface area contributed by atoms with E-state index in [0.717, 1.165) is 0 Å². The monoisotopic (exact) mass is 506 g/mol. The molecule has 1 heterocycles. The van der Waals surface area contributed by atoms with Crippen LogP contribution < -0.4 is 9.46 Å². The van der Waals surface area contributed by atoms with Crippen molar-refractivity contribution in [3.63, 3.8) is 0 Å². The van der Waals surface area contributed by atoms with Crippen molar-refractivity contribution in [2.24, 2.45) is 7.05 Å². The van der Waals surface area contributed by atoms with Crippen molar-refractivity contribution in [1.82, 2.24) is 4.57 Å². The number of aryl methyl sites for hydroxylation is 2. The molecule has 0 unspecified atom stereocenters. The summed E-state index contributed by atoms with van der Waals surface area (Å²) < 4.78 is 166. The largest absolute Gasteiger partial charge is 0.790 e. The summed E-state index contributed by atoms with van der Waals surface area (Å²) in [5.41, 5.74) is -14.4. The summed E-state index contributed by atoms with van der Waals surface area (Å²) in [7, 11) is -6.65. The quantitative estimate of drug-likeness (QED) is 0.306. The first-order valence-electron chi connectivity index (χ1n) is 7.50. The second kappa shape index (κ2) is 9.79. The maximum absolute atomic E-state index is 12.3. The molecule has 0 fully saturated rings. The van der Waals surface area contributed by atoms with Gasteiger partial charge in [-0.05, 0) is 6.42 Å². The molecule has 0 bridgehead atoms. The third kappa shape index (κ3) is 6.85. The van der Waals surface area contributed by atoms with Crippen LogP contribution in [0.2, 0.25) is 0 Å². The molecule has 0 radical (unpaired) electrons. The van der Waals surface area contributed by atoms with E-state index >= 15 is 0 Å². The van der Waals surface area contributed by atoms with E-state index in [-0.39, 0.29) is 6.42 Å². The van der Waals surface area contributed by atoms with E-state index < -0.39 is 43.0 Å². The average molecular weight is 506 g/mol. The Bertz CT molecular complexity index is 779. The molecule has 18 heteroatoms. The highest BCUT2D eigenvalue weighted by Crippen LogP contribution is 2.72. The van der Waals surface area contributed by atoms with Crippen LogP contribution in [-0.2, 0) is 18.2 Å². The third-order valence-corrected chi connectivity index (χ3v) is 5.25. The number of imidazole rings is 1. The molecular formula is C13H12F13N2O2P. The molecule has 182 valence electrons. The second-order valence-electron chi connectivity index (χ2n) is 5.72. The summed E-state index contributed by atoms with van der Waals surface area (Å²) in [6.07, 6.45) is -10.7. The van der Waals surface area contributed by atoms with Gasteiger partial charge in [-0.3, -0.25) is 0 Å². The Kier molecular flexibility index (Phi) is 9.23. The maximum atomic E-state index is 12.3. The van der Waals surface area contributed by atoms with Gasteiger partial charge >= 0.3 is 29.8 Å². The fourth-order valence-electron chi connectivity index (χ4n) is 1.66. The summed E-state index contributed by atoms with van der Waals surface area (Å²) in [4.78, 5) is 10.1. The van der Waals surface area contributed by atoms with Crippen molar-refractivity contribution < 1.29 is 71.1 Å². The first-order chi connectivity index (χ1) is 13.6. The molecule has 0 saturated carbocycles. The van der Waals surface area contributed by atoms with Gasteiger partial charge in [0.25, 0.3) is 0 Å². The number of halogens is 13. The summed E-state index contributed by atoms with van der Waals surface area (Å²) in [5, 5.41) is 0. The lowest BCUT2D eigenvalue weighted by molar-refractivity contribution is -0.696. The third-order valence-electron chi connectivity index (χ3n) is 3.26. The van der Waals surface area contributed by atoms with Gasteiger partial charge in [0.2, 0.25) is 6.33 Å². The molecular weight excluding hydrogens is 494 g/mol. The Labute approximate surface area is 165 Å². The molecule has 0 aromatic carbocycles. The van der Waals surface area contributed by atoms with Gasteiger partial charge in [-0.15, -0.1) is 0 Å². The molecule has 0 aliphatic carbocycles. The molecule has 0 spiro atoms. The van der Waals surface area contributed by atoms with Crippen LogP contribution in [0.15, 0.2) is 30.6 Å². The Morgan fingerprint density at radius 3 is 1.65 bits per heavy atom. The minimum absolute atomic E-state index is 0.204. The molecule has 1 rings (SSSR count). The smallest absolute Gasteiger partial charge is 0.459 e. The number of allylic oxidation sites excluding steroid dienone is 1. The molecule has 31 heavy (non-hydrogen) atoms. The van der Waals surface area contributed by atoms with Gasteiger partial charge in [-0.25, -0.2) is 13.5 Å². The van der Waals surface area contributed by atoms with Crippen LogP contribution in [0.4, 0.5) is 57.1 Å². The average Bonchev–Trinajstić information content (AvgIpc) is 2.98. The number of alkyl halides is 10. The van der Waals surface area contributed by atoms with E-state index in [1.807, 2.05) is 34.9 Å². The van der Waals surface area contributed by atoms with E-state index in [9.17, 15) is 66.5 Å². The summed E-state index contributed by atoms with van der Waals surface area (Å²) in [6, 6.07) is 0. The zero-order chi connectivity index (χ0) is 25.1. The normalized spacial score (nSPS) is 13.5. The van der Waals surface area contributed by atoms with Crippen LogP contribution in [0.5, 0.6) is 0 Å². The van der Waals surface area contributed by atoms with Crippen molar-refractivity contribution in [3.8, 4) is 0 Å². The highest BCUT2D eigenvalue weighted by Gasteiger charge is 2.78. The zero-order valence-electron chi connectivity index (χ0n) is 14.9. The van der Waals surface area contributed by atoms with Crippen LogP contribution in [0.25, 0.3) is 0 Å². The predicted molar refractivity (Wildman–Crippen MR) is 74.8 cm³/mol. The minimum Gasteiger partial charge on any atom is -0.790 e. The van der Waals surface area contributed by atoms with Crippen molar-refractivity contribution in [2.45, 2.75) is 43.1 Å². The van der Waals surface area contributed by atoms with Gasteiger partial charge in [-0.2, -0.15) is 52.7 Å². The van der Waals surface area contributed by atoms with E-state index in [1.54, 1.807) is 0 Å². The summed E-state index contributed by atoms with van der Waals surface area (Å²) in [6.45, 7) is 0.543. The van der Waals surface area contributed by atoms with Crippen LogP contribution in [0.3, 0.4) is 0 Å². The Morgan fingerprint density at radius 2 is 1.35 bits per heavy atom. The molecule has 0 N–H and O–H groups in total. The van der Waals surface area contributed by atoms with Crippen LogP contribution in [0.1, 0.15) is 12.8 Å². The standard InChI is InChI=1S/C9H12F3N2.C4HF10O2P/c1-13-5-6-14(7-13)4-2-3-8(10)9(11)12;5-1(6,7)3(11,12)17(15,16)4(13,14)2(8,9)10/h5-7H,2-4H2,1H3;(H,15,16)/q+1;/p-1. The fraction of sp³-hybridized carbons (Fsp3) is 0.615. The second-order valence-corrected chi connectivity index (χ2v) is 7.94. The highest BCUT2D eigenvalue weighted by molar-refractivity contribution is 7.59. The van der Waals surface area contributed by atoms with Crippen LogP contribution in [-0.4, -0.2) is 28.2 Å². The molecule has 1 aromatic heterocycles. The summed E-state index contributed by atoms with van der Waals surface area (Å²) >= 11 is 0. The first-order valence-corrected chi connectivity index (χ1v) is 9.13. The molecule has 4 nitrogen and oxygen atoms in total. The number of hydrogen-bond donors (Lipinski definition) is 0. The van der Waals surface area contributed by atoms with E-state index in [1.165, 1.54) is 0 Å². The van der Waals surface area contributed by atoms with Crippen molar-refractivity contribution in [1.29, 1.82) is 0 Å². The van der Waals surface area contributed by atoms with Crippen molar-refractivity contribution in [3.05, 3.63) is 30.6 Å². The number of nitrogens with zero attached hydrogens (tertiary/aromatic N) is 2. The van der Waals surface area contributed by atoms with Gasteiger partial charge in [0.15, 0.2) is 13.2 Å². The van der Waals surface area contributed by atoms with Crippen LogP contribution in [0, 0.1) is 0 Å². The molecule has 1 aromatic rings. The molecule has 0 aliphatic heterocycles. The lowest BCUT2D eigenvalue weighted by Gasteiger charge is -2.38. The molecule has 0 atom stereocenters. The lowest BCUT2D eigenvalue weighted by atomic mass is 10.3. The Hall–Kier alpha value is -1.77. The number of hydrogen-bond acceptors (Lipinski definition) is 2. The van der Waals surface area contributed by atoms with Crippen LogP contribution >= 0.6 is 7.37 Å². The number of aromatic nitrogens is 2. The Morgan fingerprint density at radius 1 is 0.935 bits per heavy atom. The van der Waals surface area contributed by atoms with Gasteiger partial charge in [-0.1, -0.05) is 0 Å². The maximum Gasteiger partial charge on any atom is 0.459 e. The highest BCUT2D eigenvalue weighted by atomic mass is 31.2. The minimum atomic E-state index is -8.51. The van der Waals surface area contributed by atoms with Gasteiger partial charge in [0, 0.05) is 6.42 Å². The molecule has 0 amide bonds. The van der Waals surface area contributed by atoms with Crippen molar-refractivity contribution in [2.75, 3.05) is 0 Å². The van der Waals surface area contributed by atoms with Crippen molar-refractivity contribution >= 4 is 7.37 Å². The molecule has 0 saturated heterocycles. The topological polar surface area (TPSA) is 48.9 Å². The van der Waals surface area contributed by atoms with E-state index in [2.05, 4.69) is 0 Å².